The van der Waals surface area contributed by atoms with Crippen molar-refractivity contribution in [2.45, 2.75) is 52.1 Å². The summed E-state index contributed by atoms with van der Waals surface area (Å²) in [7, 11) is 0. The van der Waals surface area contributed by atoms with E-state index in [2.05, 4.69) is 12.2 Å². The van der Waals surface area contributed by atoms with E-state index in [1.165, 1.54) is 0 Å². The number of urea groups is 1. The lowest BCUT2D eigenvalue weighted by atomic mass is 10.1. The highest BCUT2D eigenvalue weighted by Crippen LogP contribution is 2.30. The zero-order valence-electron chi connectivity index (χ0n) is 15.8. The lowest BCUT2D eigenvalue weighted by molar-refractivity contribution is -0.117. The standard InChI is InChI=1S/C20H29N3O3/c1-3-13-26-16-7-5-11-22(14-16)20(25)21-17-8-4-9-18(15(17)2)23-12-6-10-19(23)24/h4,8-9,16H,3,5-7,10-14H2,1-2H3,(H,21,25)/t16-/m0/s1. The van der Waals surface area contributed by atoms with E-state index < -0.39 is 0 Å². The summed E-state index contributed by atoms with van der Waals surface area (Å²) in [6.07, 6.45) is 4.58. The first-order valence-electron chi connectivity index (χ1n) is 9.67. The molecule has 0 bridgehead atoms. The van der Waals surface area contributed by atoms with E-state index in [0.29, 0.717) is 13.0 Å². The van der Waals surface area contributed by atoms with E-state index in [4.69, 9.17) is 4.74 Å². The molecule has 3 amide bonds. The first-order chi connectivity index (χ1) is 12.6. The van der Waals surface area contributed by atoms with Gasteiger partial charge in [0.2, 0.25) is 5.91 Å². The molecule has 1 aromatic carbocycles. The number of benzene rings is 1. The van der Waals surface area contributed by atoms with Crippen LogP contribution in [0, 0.1) is 6.92 Å². The van der Waals surface area contributed by atoms with E-state index >= 15 is 0 Å². The summed E-state index contributed by atoms with van der Waals surface area (Å²) in [4.78, 5) is 28.4. The van der Waals surface area contributed by atoms with Crippen LogP contribution in [0.3, 0.4) is 0 Å². The van der Waals surface area contributed by atoms with Gasteiger partial charge in [-0.25, -0.2) is 4.79 Å². The number of carbonyl (C=O) groups excluding carboxylic acids is 2. The molecule has 0 saturated carbocycles. The molecular formula is C20H29N3O3. The van der Waals surface area contributed by atoms with Crippen LogP contribution < -0.4 is 10.2 Å². The Morgan fingerprint density at radius 2 is 2.15 bits per heavy atom. The minimum atomic E-state index is -0.0946. The second-order valence-electron chi connectivity index (χ2n) is 7.11. The molecule has 0 spiro atoms. The van der Waals surface area contributed by atoms with Crippen molar-refractivity contribution in [1.82, 2.24) is 4.90 Å². The normalized spacial score (nSPS) is 20.5. The Balaban J connectivity index is 1.66. The van der Waals surface area contributed by atoms with Crippen molar-refractivity contribution in [1.29, 1.82) is 0 Å². The molecule has 0 unspecified atom stereocenters. The Morgan fingerprint density at radius 3 is 2.88 bits per heavy atom. The van der Waals surface area contributed by atoms with Crippen LogP contribution in [0.25, 0.3) is 0 Å². The van der Waals surface area contributed by atoms with Crippen LogP contribution in [0.2, 0.25) is 0 Å². The van der Waals surface area contributed by atoms with Crippen molar-refractivity contribution in [2.24, 2.45) is 0 Å². The molecule has 6 nitrogen and oxygen atoms in total. The van der Waals surface area contributed by atoms with Crippen molar-refractivity contribution >= 4 is 23.3 Å². The van der Waals surface area contributed by atoms with Gasteiger partial charge in [-0.2, -0.15) is 0 Å². The van der Waals surface area contributed by atoms with E-state index in [1.807, 2.05) is 34.9 Å². The van der Waals surface area contributed by atoms with Gasteiger partial charge in [0, 0.05) is 44.0 Å². The molecule has 2 fully saturated rings. The van der Waals surface area contributed by atoms with E-state index in [0.717, 1.165) is 62.3 Å². The SMILES string of the molecule is CCCO[C@H]1CCCN(C(=O)Nc2cccc(N3CCCC3=O)c2C)C1. The minimum Gasteiger partial charge on any atom is -0.376 e. The summed E-state index contributed by atoms with van der Waals surface area (Å²) in [6, 6.07) is 5.64. The molecule has 0 aliphatic carbocycles. The monoisotopic (exact) mass is 359 g/mol. The molecule has 1 atom stereocenters. The molecule has 2 aliphatic rings. The van der Waals surface area contributed by atoms with Crippen molar-refractivity contribution in [3.8, 4) is 0 Å². The number of hydrogen-bond donors (Lipinski definition) is 1. The molecule has 0 radical (unpaired) electrons. The fraction of sp³-hybridized carbons (Fsp3) is 0.600. The largest absolute Gasteiger partial charge is 0.376 e. The van der Waals surface area contributed by atoms with Gasteiger partial charge in [0.1, 0.15) is 0 Å². The first-order valence-corrected chi connectivity index (χ1v) is 9.67. The fourth-order valence-corrected chi connectivity index (χ4v) is 3.69. The molecule has 6 heteroatoms. The van der Waals surface area contributed by atoms with Gasteiger partial charge in [-0.15, -0.1) is 0 Å². The van der Waals surface area contributed by atoms with Crippen molar-refractivity contribution in [3.05, 3.63) is 23.8 Å². The van der Waals surface area contributed by atoms with Crippen LogP contribution in [0.4, 0.5) is 16.2 Å². The number of ether oxygens (including phenoxy) is 1. The van der Waals surface area contributed by atoms with Gasteiger partial charge >= 0.3 is 6.03 Å². The molecule has 2 saturated heterocycles. The van der Waals surface area contributed by atoms with Crippen molar-refractivity contribution in [3.63, 3.8) is 0 Å². The second kappa shape index (κ2) is 8.54. The maximum absolute atomic E-state index is 12.7. The lowest BCUT2D eigenvalue weighted by Crippen LogP contribution is -2.45. The molecule has 0 aromatic heterocycles. The van der Waals surface area contributed by atoms with Crippen LogP contribution in [0.5, 0.6) is 0 Å². The summed E-state index contributed by atoms with van der Waals surface area (Å²) in [5, 5.41) is 3.03. The maximum Gasteiger partial charge on any atom is 0.321 e. The maximum atomic E-state index is 12.7. The third-order valence-corrected chi connectivity index (χ3v) is 5.13. The first kappa shape index (κ1) is 18.7. The summed E-state index contributed by atoms with van der Waals surface area (Å²) in [5.74, 6) is 0.156. The van der Waals surface area contributed by atoms with Gasteiger partial charge in [-0.1, -0.05) is 13.0 Å². The molecule has 1 N–H and O–H groups in total. The molecule has 142 valence electrons. The van der Waals surface area contributed by atoms with Gasteiger partial charge in [0.05, 0.1) is 6.10 Å². The highest BCUT2D eigenvalue weighted by molar-refractivity contribution is 5.98. The highest BCUT2D eigenvalue weighted by atomic mass is 16.5. The van der Waals surface area contributed by atoms with Gasteiger partial charge in [-0.3, -0.25) is 4.79 Å². The third kappa shape index (κ3) is 4.18. The summed E-state index contributed by atoms with van der Waals surface area (Å²) in [6.45, 7) is 6.93. The Kier molecular flexibility index (Phi) is 6.14. The Labute approximate surface area is 155 Å². The lowest BCUT2D eigenvalue weighted by Gasteiger charge is -2.33. The van der Waals surface area contributed by atoms with Crippen LogP contribution in [0.1, 0.15) is 44.6 Å². The van der Waals surface area contributed by atoms with Gasteiger partial charge < -0.3 is 19.9 Å². The predicted molar refractivity (Wildman–Crippen MR) is 103 cm³/mol. The van der Waals surface area contributed by atoms with Gasteiger partial charge in [-0.05, 0) is 50.3 Å². The average Bonchev–Trinajstić information content (AvgIpc) is 3.07. The minimum absolute atomic E-state index is 0.0946. The number of anilines is 2. The number of nitrogens with zero attached hydrogens (tertiary/aromatic N) is 2. The number of carbonyl (C=O) groups is 2. The molecule has 2 aliphatic heterocycles. The van der Waals surface area contributed by atoms with Crippen LogP contribution in [0.15, 0.2) is 18.2 Å². The third-order valence-electron chi connectivity index (χ3n) is 5.13. The summed E-state index contributed by atoms with van der Waals surface area (Å²) >= 11 is 0. The van der Waals surface area contributed by atoms with E-state index in [-0.39, 0.29) is 18.0 Å². The van der Waals surface area contributed by atoms with Crippen LogP contribution in [-0.4, -0.2) is 49.2 Å². The van der Waals surface area contributed by atoms with Crippen molar-refractivity contribution in [2.75, 3.05) is 36.5 Å². The Hall–Kier alpha value is -2.08. The number of nitrogens with one attached hydrogen (secondary N) is 1. The predicted octanol–water partition coefficient (Wildman–Crippen LogP) is 3.54. The quantitative estimate of drug-likeness (QED) is 0.875. The molecule has 2 heterocycles. The topological polar surface area (TPSA) is 61.9 Å². The van der Waals surface area contributed by atoms with Crippen molar-refractivity contribution < 1.29 is 14.3 Å². The number of piperidine rings is 1. The van der Waals surface area contributed by atoms with Crippen LogP contribution in [-0.2, 0) is 9.53 Å². The molecule has 3 rings (SSSR count). The van der Waals surface area contributed by atoms with E-state index in [9.17, 15) is 9.59 Å². The Bertz CT molecular complexity index is 662. The number of likely N-dealkylation sites (tertiary alicyclic amines) is 1. The Morgan fingerprint density at radius 1 is 1.31 bits per heavy atom. The molecular weight excluding hydrogens is 330 g/mol. The van der Waals surface area contributed by atoms with E-state index in [1.54, 1.807) is 0 Å². The number of hydrogen-bond acceptors (Lipinski definition) is 3. The molecule has 1 aromatic rings. The summed E-state index contributed by atoms with van der Waals surface area (Å²) < 4.78 is 5.82. The second-order valence-corrected chi connectivity index (χ2v) is 7.11. The zero-order valence-corrected chi connectivity index (χ0v) is 15.8. The zero-order chi connectivity index (χ0) is 18.5. The van der Waals surface area contributed by atoms with Crippen LogP contribution >= 0.6 is 0 Å². The molecule has 26 heavy (non-hydrogen) atoms. The average molecular weight is 359 g/mol. The van der Waals surface area contributed by atoms with Gasteiger partial charge in [0.25, 0.3) is 0 Å². The smallest absolute Gasteiger partial charge is 0.321 e. The summed E-state index contributed by atoms with van der Waals surface area (Å²) in [5.41, 5.74) is 2.60. The number of amides is 3. The fourth-order valence-electron chi connectivity index (χ4n) is 3.69. The van der Waals surface area contributed by atoms with Gasteiger partial charge in [0.15, 0.2) is 0 Å². The number of rotatable bonds is 5. The highest BCUT2D eigenvalue weighted by Gasteiger charge is 2.26.